The van der Waals surface area contributed by atoms with Gasteiger partial charge in [0.2, 0.25) is 0 Å². The van der Waals surface area contributed by atoms with Crippen LogP contribution in [0.3, 0.4) is 0 Å². The quantitative estimate of drug-likeness (QED) is 0.350. The normalized spacial score (nSPS) is 13.7. The SMILES string of the molecule is COCCN1CCN(c2ccc(N)cc2C(=O)Nc2ccc(CNC(=O)OCc3cccnc3)cc2)CC1. The van der Waals surface area contributed by atoms with Crippen LogP contribution in [0.5, 0.6) is 0 Å². The van der Waals surface area contributed by atoms with Crippen LogP contribution in [0.15, 0.2) is 67.0 Å². The summed E-state index contributed by atoms with van der Waals surface area (Å²) in [6, 6.07) is 16.4. The zero-order chi connectivity index (χ0) is 26.7. The van der Waals surface area contributed by atoms with Crippen molar-refractivity contribution in [2.24, 2.45) is 0 Å². The summed E-state index contributed by atoms with van der Waals surface area (Å²) in [7, 11) is 1.71. The molecule has 3 aromatic rings. The first-order valence-electron chi connectivity index (χ1n) is 12.6. The summed E-state index contributed by atoms with van der Waals surface area (Å²) in [5.74, 6) is -0.223. The third-order valence-corrected chi connectivity index (χ3v) is 6.33. The number of nitrogens with zero attached hydrogens (tertiary/aromatic N) is 3. The Morgan fingerprint density at radius 1 is 1.03 bits per heavy atom. The predicted octanol–water partition coefficient (Wildman–Crippen LogP) is 3.11. The monoisotopic (exact) mass is 518 g/mol. The van der Waals surface area contributed by atoms with Crippen molar-refractivity contribution in [2.75, 3.05) is 62.4 Å². The number of alkyl carbamates (subject to hydrolysis) is 1. The molecule has 1 aliphatic heterocycles. The Balaban J connectivity index is 1.30. The summed E-state index contributed by atoms with van der Waals surface area (Å²) in [6.45, 7) is 5.51. The van der Waals surface area contributed by atoms with Crippen molar-refractivity contribution in [3.63, 3.8) is 0 Å². The van der Waals surface area contributed by atoms with Gasteiger partial charge in [-0.3, -0.25) is 14.7 Å². The molecular weight excluding hydrogens is 484 g/mol. The predicted molar refractivity (Wildman–Crippen MR) is 147 cm³/mol. The summed E-state index contributed by atoms with van der Waals surface area (Å²) in [6.07, 6.45) is 2.80. The second kappa shape index (κ2) is 13.4. The van der Waals surface area contributed by atoms with Crippen LogP contribution in [0.4, 0.5) is 21.9 Å². The molecule has 4 rings (SSSR count). The lowest BCUT2D eigenvalue weighted by Crippen LogP contribution is -2.47. The topological polar surface area (TPSA) is 122 Å². The van der Waals surface area contributed by atoms with Gasteiger partial charge < -0.3 is 30.7 Å². The maximum atomic E-state index is 13.2. The number of methoxy groups -OCH3 is 1. The summed E-state index contributed by atoms with van der Waals surface area (Å²) >= 11 is 0. The van der Waals surface area contributed by atoms with E-state index in [4.69, 9.17) is 15.2 Å². The molecule has 0 unspecified atom stereocenters. The Hall–Kier alpha value is -4.15. The minimum absolute atomic E-state index is 0.153. The van der Waals surface area contributed by atoms with E-state index >= 15 is 0 Å². The zero-order valence-electron chi connectivity index (χ0n) is 21.6. The highest BCUT2D eigenvalue weighted by Crippen LogP contribution is 2.26. The molecule has 1 saturated heterocycles. The molecular formula is C28H34N6O4. The Morgan fingerprint density at radius 3 is 2.53 bits per heavy atom. The first-order valence-corrected chi connectivity index (χ1v) is 12.6. The minimum Gasteiger partial charge on any atom is -0.445 e. The third-order valence-electron chi connectivity index (χ3n) is 6.33. The van der Waals surface area contributed by atoms with Gasteiger partial charge in [-0.2, -0.15) is 0 Å². The lowest BCUT2D eigenvalue weighted by Gasteiger charge is -2.36. The highest BCUT2D eigenvalue weighted by atomic mass is 16.5. The molecule has 4 N–H and O–H groups in total. The Morgan fingerprint density at radius 2 is 1.82 bits per heavy atom. The molecule has 200 valence electrons. The summed E-state index contributed by atoms with van der Waals surface area (Å²) in [5, 5.41) is 5.69. The summed E-state index contributed by atoms with van der Waals surface area (Å²) in [4.78, 5) is 33.8. The molecule has 2 heterocycles. The lowest BCUT2D eigenvalue weighted by molar-refractivity contribution is 0.102. The molecule has 38 heavy (non-hydrogen) atoms. The Kier molecular flexibility index (Phi) is 9.49. The van der Waals surface area contributed by atoms with E-state index in [2.05, 4.69) is 25.4 Å². The lowest BCUT2D eigenvalue weighted by atomic mass is 10.1. The van der Waals surface area contributed by atoms with Crippen molar-refractivity contribution in [1.82, 2.24) is 15.2 Å². The molecule has 2 amide bonds. The maximum absolute atomic E-state index is 13.2. The van der Waals surface area contributed by atoms with Gasteiger partial charge in [0.25, 0.3) is 5.91 Å². The van der Waals surface area contributed by atoms with Gasteiger partial charge in [-0.15, -0.1) is 0 Å². The molecule has 0 saturated carbocycles. The average molecular weight is 519 g/mol. The molecule has 0 atom stereocenters. The third kappa shape index (κ3) is 7.67. The van der Waals surface area contributed by atoms with Gasteiger partial charge in [-0.05, 0) is 42.0 Å². The van der Waals surface area contributed by atoms with Gasteiger partial charge in [-0.1, -0.05) is 18.2 Å². The number of carbonyl (C=O) groups excluding carboxylic acids is 2. The van der Waals surface area contributed by atoms with E-state index < -0.39 is 6.09 Å². The van der Waals surface area contributed by atoms with Gasteiger partial charge in [0, 0.05) is 81.4 Å². The van der Waals surface area contributed by atoms with E-state index in [1.807, 2.05) is 30.3 Å². The fourth-order valence-corrected chi connectivity index (χ4v) is 4.21. The molecule has 10 nitrogen and oxygen atoms in total. The molecule has 0 spiro atoms. The van der Waals surface area contributed by atoms with E-state index in [1.54, 1.807) is 43.8 Å². The molecule has 0 radical (unpaired) electrons. The number of rotatable bonds is 10. The molecule has 1 aliphatic rings. The number of benzene rings is 2. The van der Waals surface area contributed by atoms with Crippen LogP contribution in [0.1, 0.15) is 21.5 Å². The van der Waals surface area contributed by atoms with Gasteiger partial charge in [-0.25, -0.2) is 4.79 Å². The van der Waals surface area contributed by atoms with Crippen molar-refractivity contribution < 1.29 is 19.1 Å². The number of carbonyl (C=O) groups is 2. The first-order chi connectivity index (χ1) is 18.5. The minimum atomic E-state index is -0.514. The van der Waals surface area contributed by atoms with E-state index in [1.165, 1.54) is 0 Å². The van der Waals surface area contributed by atoms with E-state index in [0.717, 1.165) is 49.5 Å². The second-order valence-electron chi connectivity index (χ2n) is 9.04. The number of amides is 2. The fourth-order valence-electron chi connectivity index (χ4n) is 4.21. The molecule has 0 bridgehead atoms. The van der Waals surface area contributed by atoms with Gasteiger partial charge >= 0.3 is 6.09 Å². The highest BCUT2D eigenvalue weighted by Gasteiger charge is 2.22. The number of nitrogens with one attached hydrogen (secondary N) is 2. The smallest absolute Gasteiger partial charge is 0.407 e. The molecule has 0 aliphatic carbocycles. The van der Waals surface area contributed by atoms with Crippen molar-refractivity contribution in [3.05, 3.63) is 83.7 Å². The number of hydrogen-bond acceptors (Lipinski definition) is 8. The fraction of sp³-hybridized carbons (Fsp3) is 0.321. The Bertz CT molecular complexity index is 1200. The number of aromatic nitrogens is 1. The summed E-state index contributed by atoms with van der Waals surface area (Å²) in [5.41, 5.74) is 10.3. The van der Waals surface area contributed by atoms with Crippen LogP contribution in [0.25, 0.3) is 0 Å². The van der Waals surface area contributed by atoms with Gasteiger partial charge in [0.1, 0.15) is 6.61 Å². The number of nitrogens with two attached hydrogens (primary N) is 1. The van der Waals surface area contributed by atoms with E-state index in [0.29, 0.717) is 30.1 Å². The number of nitrogen functional groups attached to an aromatic ring is 1. The van der Waals surface area contributed by atoms with Gasteiger partial charge in [0.15, 0.2) is 0 Å². The van der Waals surface area contributed by atoms with Crippen LogP contribution in [0.2, 0.25) is 0 Å². The van der Waals surface area contributed by atoms with Crippen LogP contribution in [-0.4, -0.2) is 68.3 Å². The maximum Gasteiger partial charge on any atom is 0.407 e. The standard InChI is InChI=1S/C28H34N6O4/c1-37-16-15-33-11-13-34(14-12-33)26-9-6-23(29)17-25(26)27(35)32-24-7-4-21(5-8-24)19-31-28(36)38-20-22-3-2-10-30-18-22/h2-10,17-18H,11-16,19-20,29H2,1H3,(H,31,36)(H,32,35). The Labute approximate surface area is 222 Å². The zero-order valence-corrected chi connectivity index (χ0v) is 21.6. The van der Waals surface area contributed by atoms with Crippen LogP contribution < -0.4 is 21.3 Å². The number of piperazine rings is 1. The van der Waals surface area contributed by atoms with E-state index in [-0.39, 0.29) is 12.5 Å². The van der Waals surface area contributed by atoms with Gasteiger partial charge in [0.05, 0.1) is 12.2 Å². The second-order valence-corrected chi connectivity index (χ2v) is 9.04. The molecule has 1 fully saturated rings. The largest absolute Gasteiger partial charge is 0.445 e. The van der Waals surface area contributed by atoms with Crippen molar-refractivity contribution in [2.45, 2.75) is 13.2 Å². The van der Waals surface area contributed by atoms with Crippen LogP contribution in [0, 0.1) is 0 Å². The number of ether oxygens (including phenoxy) is 2. The number of pyridine rings is 1. The highest BCUT2D eigenvalue weighted by molar-refractivity contribution is 6.08. The molecule has 2 aromatic carbocycles. The molecule has 1 aromatic heterocycles. The van der Waals surface area contributed by atoms with E-state index in [9.17, 15) is 9.59 Å². The van der Waals surface area contributed by atoms with Crippen LogP contribution >= 0.6 is 0 Å². The molecule has 10 heteroatoms. The summed E-state index contributed by atoms with van der Waals surface area (Å²) < 4.78 is 10.4. The van der Waals surface area contributed by atoms with Crippen molar-refractivity contribution >= 4 is 29.1 Å². The average Bonchev–Trinajstić information content (AvgIpc) is 2.95. The first kappa shape index (κ1) is 26.9. The van der Waals surface area contributed by atoms with Crippen molar-refractivity contribution in [1.29, 1.82) is 0 Å². The van der Waals surface area contributed by atoms with Crippen LogP contribution in [-0.2, 0) is 22.6 Å². The van der Waals surface area contributed by atoms with Crippen molar-refractivity contribution in [3.8, 4) is 0 Å². The number of hydrogen-bond donors (Lipinski definition) is 3. The number of anilines is 3.